The van der Waals surface area contributed by atoms with Gasteiger partial charge in [-0.1, -0.05) is 18.2 Å². The van der Waals surface area contributed by atoms with Crippen LogP contribution in [0.4, 0.5) is 5.69 Å². The topological polar surface area (TPSA) is 159 Å². The molecule has 1 heterocycles. The molecule has 0 saturated carbocycles. The standard InChI is InChI=1S/C31H34N4O9/c1-41-14-12-32-30(37)24-16-21-5-4-6-23(15-21)44-27-18-22(8-9-25(27)35(39)40)31(38)34(19-29(36)33-24)13-11-20-7-10-26(42-2)28(17-20)43-3/h4-10,15,17-18,24H,11-14,16,19H2,1-3H3,(H,32,37)(H,33,36). The van der Waals surface area contributed by atoms with Crippen LogP contribution in [0, 0.1) is 10.1 Å². The number of nitrogens with one attached hydrogen (secondary N) is 2. The Balaban J connectivity index is 1.70. The minimum absolute atomic E-state index is 0.0905. The van der Waals surface area contributed by atoms with E-state index >= 15 is 0 Å². The Hall–Kier alpha value is -5.17. The van der Waals surface area contributed by atoms with Gasteiger partial charge in [0.2, 0.25) is 17.6 Å². The highest BCUT2D eigenvalue weighted by Crippen LogP contribution is 2.33. The van der Waals surface area contributed by atoms with Crippen molar-refractivity contribution in [3.8, 4) is 23.0 Å². The third-order valence-electron chi connectivity index (χ3n) is 6.97. The van der Waals surface area contributed by atoms with Gasteiger partial charge in [-0.25, -0.2) is 0 Å². The fraction of sp³-hybridized carbons (Fsp3) is 0.323. The first-order chi connectivity index (χ1) is 21.2. The summed E-state index contributed by atoms with van der Waals surface area (Å²) in [6.45, 7) is 0.254. The van der Waals surface area contributed by atoms with Gasteiger partial charge in [0.15, 0.2) is 11.5 Å². The van der Waals surface area contributed by atoms with Gasteiger partial charge in [-0.3, -0.25) is 24.5 Å². The maximum atomic E-state index is 13.8. The Labute approximate surface area is 254 Å². The molecule has 0 aromatic heterocycles. The van der Waals surface area contributed by atoms with Crippen LogP contribution in [0.25, 0.3) is 0 Å². The van der Waals surface area contributed by atoms with Crippen LogP contribution in [0.2, 0.25) is 0 Å². The lowest BCUT2D eigenvalue weighted by Crippen LogP contribution is -2.51. The van der Waals surface area contributed by atoms with Crippen molar-refractivity contribution in [1.29, 1.82) is 0 Å². The number of nitro benzene ring substituents is 1. The highest BCUT2D eigenvalue weighted by Gasteiger charge is 2.27. The zero-order chi connectivity index (χ0) is 31.6. The molecular weight excluding hydrogens is 572 g/mol. The van der Waals surface area contributed by atoms with E-state index in [4.69, 9.17) is 18.9 Å². The number of carbonyl (C=O) groups excluding carboxylic acids is 3. The predicted molar refractivity (Wildman–Crippen MR) is 159 cm³/mol. The summed E-state index contributed by atoms with van der Waals surface area (Å²) in [6, 6.07) is 14.8. The van der Waals surface area contributed by atoms with Crippen LogP contribution < -0.4 is 24.8 Å². The van der Waals surface area contributed by atoms with Crippen LogP contribution in [0.15, 0.2) is 60.7 Å². The molecule has 3 amide bonds. The maximum absolute atomic E-state index is 13.8. The van der Waals surface area contributed by atoms with Gasteiger partial charge in [-0.15, -0.1) is 0 Å². The second kappa shape index (κ2) is 14.8. The Bertz CT molecular complexity index is 1530. The highest BCUT2D eigenvalue weighted by atomic mass is 16.6. The average Bonchev–Trinajstić information content (AvgIpc) is 3.01. The molecule has 1 aliphatic rings. The monoisotopic (exact) mass is 606 g/mol. The number of fused-ring (bicyclic) bond motifs is 4. The number of benzene rings is 3. The molecule has 4 bridgehead atoms. The average molecular weight is 607 g/mol. The molecule has 0 fully saturated rings. The predicted octanol–water partition coefficient (Wildman–Crippen LogP) is 2.89. The molecule has 0 spiro atoms. The second-order valence-corrected chi connectivity index (χ2v) is 9.96. The van der Waals surface area contributed by atoms with E-state index in [0.717, 1.165) is 5.56 Å². The van der Waals surface area contributed by atoms with Crippen LogP contribution in [0.5, 0.6) is 23.0 Å². The molecule has 0 aliphatic carbocycles. The van der Waals surface area contributed by atoms with Crippen LogP contribution in [-0.2, 0) is 27.2 Å². The molecule has 13 nitrogen and oxygen atoms in total. The Morgan fingerprint density at radius 3 is 2.59 bits per heavy atom. The molecular formula is C31H34N4O9. The number of hydrogen-bond acceptors (Lipinski definition) is 9. The molecule has 4 rings (SSSR count). The molecule has 1 aliphatic heterocycles. The van der Waals surface area contributed by atoms with E-state index in [1.54, 1.807) is 36.4 Å². The zero-order valence-electron chi connectivity index (χ0n) is 24.7. The quantitative estimate of drug-likeness (QED) is 0.201. The Morgan fingerprint density at radius 2 is 1.86 bits per heavy atom. The summed E-state index contributed by atoms with van der Waals surface area (Å²) in [4.78, 5) is 52.8. The van der Waals surface area contributed by atoms with Crippen molar-refractivity contribution in [2.75, 3.05) is 47.6 Å². The third-order valence-corrected chi connectivity index (χ3v) is 6.97. The largest absolute Gasteiger partial charge is 0.493 e. The molecule has 3 aromatic carbocycles. The number of amides is 3. The highest BCUT2D eigenvalue weighted by molar-refractivity contribution is 5.98. The van der Waals surface area contributed by atoms with Crippen molar-refractivity contribution in [2.24, 2.45) is 0 Å². The van der Waals surface area contributed by atoms with E-state index in [1.165, 1.54) is 44.4 Å². The van der Waals surface area contributed by atoms with Gasteiger partial charge in [0.25, 0.3) is 5.91 Å². The minimum atomic E-state index is -0.979. The van der Waals surface area contributed by atoms with Crippen molar-refractivity contribution in [3.05, 3.63) is 87.5 Å². The molecule has 232 valence electrons. The lowest BCUT2D eigenvalue weighted by molar-refractivity contribution is -0.385. The van der Waals surface area contributed by atoms with Crippen molar-refractivity contribution in [1.82, 2.24) is 15.5 Å². The van der Waals surface area contributed by atoms with Crippen molar-refractivity contribution in [2.45, 2.75) is 18.9 Å². The van der Waals surface area contributed by atoms with Gasteiger partial charge in [0.05, 0.1) is 32.3 Å². The fourth-order valence-corrected chi connectivity index (χ4v) is 4.74. The van der Waals surface area contributed by atoms with Gasteiger partial charge in [0.1, 0.15) is 11.8 Å². The van der Waals surface area contributed by atoms with Gasteiger partial charge in [-0.2, -0.15) is 0 Å². The molecule has 13 heteroatoms. The van der Waals surface area contributed by atoms with Gasteiger partial charge in [-0.05, 0) is 47.9 Å². The molecule has 0 saturated heterocycles. The summed E-state index contributed by atoms with van der Waals surface area (Å²) in [5, 5.41) is 17.3. The van der Waals surface area contributed by atoms with E-state index in [1.807, 2.05) is 6.07 Å². The van der Waals surface area contributed by atoms with Gasteiger partial charge in [0, 0.05) is 44.3 Å². The lowest BCUT2D eigenvalue weighted by Gasteiger charge is -2.25. The first-order valence-corrected chi connectivity index (χ1v) is 13.8. The number of methoxy groups -OCH3 is 3. The SMILES string of the molecule is COCCNC(=O)C1Cc2cccc(c2)Oc2cc(ccc2[N+](=O)[O-])C(=O)N(CCc2ccc(OC)c(OC)c2)CC(=O)N1. The Morgan fingerprint density at radius 1 is 1.07 bits per heavy atom. The van der Waals surface area contributed by atoms with Crippen LogP contribution in [0.3, 0.4) is 0 Å². The molecule has 1 atom stereocenters. The molecule has 2 N–H and O–H groups in total. The van der Waals surface area contributed by atoms with Crippen molar-refractivity contribution >= 4 is 23.4 Å². The van der Waals surface area contributed by atoms with E-state index in [9.17, 15) is 24.5 Å². The molecule has 0 radical (unpaired) electrons. The Kier molecular flexibility index (Phi) is 10.7. The van der Waals surface area contributed by atoms with Crippen LogP contribution in [0.1, 0.15) is 21.5 Å². The smallest absolute Gasteiger partial charge is 0.311 e. The molecule has 3 aromatic rings. The zero-order valence-corrected chi connectivity index (χ0v) is 24.7. The van der Waals surface area contributed by atoms with Crippen molar-refractivity contribution in [3.63, 3.8) is 0 Å². The van der Waals surface area contributed by atoms with E-state index in [0.29, 0.717) is 23.5 Å². The minimum Gasteiger partial charge on any atom is -0.493 e. The normalized spacial score (nSPS) is 15.0. The first kappa shape index (κ1) is 31.8. The van der Waals surface area contributed by atoms with E-state index in [-0.39, 0.29) is 55.4 Å². The van der Waals surface area contributed by atoms with Gasteiger partial charge < -0.3 is 34.5 Å². The van der Waals surface area contributed by atoms with E-state index in [2.05, 4.69) is 10.6 Å². The van der Waals surface area contributed by atoms with Crippen LogP contribution in [-0.4, -0.2) is 81.2 Å². The first-order valence-electron chi connectivity index (χ1n) is 13.8. The van der Waals surface area contributed by atoms with Crippen LogP contribution >= 0.6 is 0 Å². The van der Waals surface area contributed by atoms with E-state index < -0.39 is 28.7 Å². The number of carbonyl (C=O) groups is 3. The summed E-state index contributed by atoms with van der Waals surface area (Å²) >= 11 is 0. The van der Waals surface area contributed by atoms with Gasteiger partial charge >= 0.3 is 5.69 Å². The summed E-state index contributed by atoms with van der Waals surface area (Å²) < 4.78 is 21.6. The molecule has 44 heavy (non-hydrogen) atoms. The number of rotatable bonds is 10. The maximum Gasteiger partial charge on any atom is 0.311 e. The molecule has 1 unspecified atom stereocenters. The number of nitrogens with zero attached hydrogens (tertiary/aromatic N) is 2. The number of ether oxygens (including phenoxy) is 4. The van der Waals surface area contributed by atoms with Crippen molar-refractivity contribution < 1.29 is 38.3 Å². The number of nitro groups is 1. The summed E-state index contributed by atoms with van der Waals surface area (Å²) in [6.07, 6.45) is 0.449. The second-order valence-electron chi connectivity index (χ2n) is 9.96. The third kappa shape index (κ3) is 8.01. The lowest BCUT2D eigenvalue weighted by atomic mass is 10.0. The fourth-order valence-electron chi connectivity index (χ4n) is 4.74. The number of hydrogen-bond donors (Lipinski definition) is 2. The summed E-state index contributed by atoms with van der Waals surface area (Å²) in [7, 11) is 4.55. The summed E-state index contributed by atoms with van der Waals surface area (Å²) in [5.74, 6) is -0.342. The summed E-state index contributed by atoms with van der Waals surface area (Å²) in [5.41, 5.74) is 1.22.